The maximum absolute atomic E-state index is 12.8. The summed E-state index contributed by atoms with van der Waals surface area (Å²) in [5.74, 6) is 1.65. The summed E-state index contributed by atoms with van der Waals surface area (Å²) in [5.41, 5.74) is 0. The molecular formula is C19H17FN2O3. The normalized spacial score (nSPS) is 10.3. The van der Waals surface area contributed by atoms with Gasteiger partial charge in [-0.15, -0.1) is 0 Å². The quantitative estimate of drug-likeness (QED) is 0.574. The Balaban J connectivity index is 1.42. The number of aromatic nitrogens is 2. The van der Waals surface area contributed by atoms with E-state index in [1.54, 1.807) is 42.7 Å². The van der Waals surface area contributed by atoms with E-state index in [-0.39, 0.29) is 11.8 Å². The highest BCUT2D eigenvalue weighted by Gasteiger charge is 2.02. The van der Waals surface area contributed by atoms with Crippen LogP contribution in [-0.4, -0.2) is 23.2 Å². The van der Waals surface area contributed by atoms with Gasteiger partial charge in [-0.1, -0.05) is 6.07 Å². The lowest BCUT2D eigenvalue weighted by Crippen LogP contribution is -2.05. The van der Waals surface area contributed by atoms with Crippen molar-refractivity contribution in [2.75, 3.05) is 13.2 Å². The van der Waals surface area contributed by atoms with E-state index >= 15 is 0 Å². The largest absolute Gasteiger partial charge is 0.493 e. The van der Waals surface area contributed by atoms with E-state index in [0.717, 1.165) is 0 Å². The van der Waals surface area contributed by atoms with E-state index in [2.05, 4.69) is 9.97 Å². The van der Waals surface area contributed by atoms with Crippen LogP contribution in [0.25, 0.3) is 0 Å². The third-order valence-electron chi connectivity index (χ3n) is 3.20. The third-order valence-corrected chi connectivity index (χ3v) is 3.20. The first-order valence-electron chi connectivity index (χ1n) is 7.86. The standard InChI is InChI=1S/C19H17FN2O3/c20-15-6-8-16(9-7-15)23-12-3-13-24-17-4-1-5-18(14-17)25-19-21-10-2-11-22-19/h1-2,4-11,14H,3,12-13H2. The summed E-state index contributed by atoms with van der Waals surface area (Å²) in [5, 5.41) is 0. The molecule has 0 radical (unpaired) electrons. The molecule has 0 atom stereocenters. The van der Waals surface area contributed by atoms with E-state index in [1.807, 2.05) is 12.1 Å². The van der Waals surface area contributed by atoms with Gasteiger partial charge in [0.15, 0.2) is 0 Å². The molecule has 5 nitrogen and oxygen atoms in total. The Labute approximate surface area is 145 Å². The fraction of sp³-hybridized carbons (Fsp3) is 0.158. The minimum absolute atomic E-state index is 0.279. The molecule has 0 aliphatic heterocycles. The first-order chi connectivity index (χ1) is 12.3. The van der Waals surface area contributed by atoms with E-state index in [9.17, 15) is 4.39 Å². The van der Waals surface area contributed by atoms with Gasteiger partial charge in [0.1, 0.15) is 23.1 Å². The Morgan fingerprint density at radius 1 is 0.760 bits per heavy atom. The second kappa shape index (κ2) is 8.63. The fourth-order valence-electron chi connectivity index (χ4n) is 2.04. The molecule has 0 fully saturated rings. The average Bonchev–Trinajstić information content (AvgIpc) is 2.64. The van der Waals surface area contributed by atoms with Crippen LogP contribution in [-0.2, 0) is 0 Å². The summed E-state index contributed by atoms with van der Waals surface area (Å²) in [6.07, 6.45) is 3.93. The lowest BCUT2D eigenvalue weighted by Gasteiger charge is -2.09. The van der Waals surface area contributed by atoms with Gasteiger partial charge in [-0.05, 0) is 42.5 Å². The summed E-state index contributed by atoms with van der Waals surface area (Å²) in [6.45, 7) is 0.978. The highest BCUT2D eigenvalue weighted by molar-refractivity contribution is 5.34. The molecule has 3 aromatic rings. The second-order valence-electron chi connectivity index (χ2n) is 5.11. The lowest BCUT2D eigenvalue weighted by molar-refractivity contribution is 0.247. The van der Waals surface area contributed by atoms with Gasteiger partial charge in [-0.3, -0.25) is 0 Å². The highest BCUT2D eigenvalue weighted by Crippen LogP contribution is 2.23. The van der Waals surface area contributed by atoms with Crippen LogP contribution in [0.2, 0.25) is 0 Å². The van der Waals surface area contributed by atoms with Crippen molar-refractivity contribution in [3.63, 3.8) is 0 Å². The van der Waals surface area contributed by atoms with Crippen LogP contribution in [0.1, 0.15) is 6.42 Å². The molecule has 0 amide bonds. The van der Waals surface area contributed by atoms with Crippen molar-refractivity contribution in [1.29, 1.82) is 0 Å². The molecule has 0 saturated carbocycles. The van der Waals surface area contributed by atoms with Crippen LogP contribution >= 0.6 is 0 Å². The molecule has 0 spiro atoms. The van der Waals surface area contributed by atoms with Crippen LogP contribution in [0, 0.1) is 5.82 Å². The van der Waals surface area contributed by atoms with Gasteiger partial charge in [0, 0.05) is 24.9 Å². The summed E-state index contributed by atoms with van der Waals surface area (Å²) in [4.78, 5) is 8.02. The fourth-order valence-corrected chi connectivity index (χ4v) is 2.04. The van der Waals surface area contributed by atoms with Crippen molar-refractivity contribution in [2.45, 2.75) is 6.42 Å². The summed E-state index contributed by atoms with van der Waals surface area (Å²) in [7, 11) is 0. The third kappa shape index (κ3) is 5.46. The monoisotopic (exact) mass is 340 g/mol. The Morgan fingerprint density at radius 2 is 1.44 bits per heavy atom. The molecule has 6 heteroatoms. The zero-order valence-electron chi connectivity index (χ0n) is 13.5. The second-order valence-corrected chi connectivity index (χ2v) is 5.11. The minimum Gasteiger partial charge on any atom is -0.493 e. The molecule has 0 aliphatic carbocycles. The molecule has 0 saturated heterocycles. The first-order valence-corrected chi connectivity index (χ1v) is 7.86. The van der Waals surface area contributed by atoms with Crippen LogP contribution in [0.4, 0.5) is 4.39 Å². The van der Waals surface area contributed by atoms with Gasteiger partial charge in [0.25, 0.3) is 0 Å². The Bertz CT molecular complexity index is 782. The topological polar surface area (TPSA) is 53.5 Å². The van der Waals surface area contributed by atoms with Crippen LogP contribution < -0.4 is 14.2 Å². The van der Waals surface area contributed by atoms with Gasteiger partial charge in [-0.25, -0.2) is 14.4 Å². The molecule has 3 rings (SSSR count). The van der Waals surface area contributed by atoms with Crippen molar-refractivity contribution in [1.82, 2.24) is 9.97 Å². The summed E-state index contributed by atoms with van der Waals surface area (Å²) in [6, 6.07) is 15.2. The smallest absolute Gasteiger partial charge is 0.321 e. The number of nitrogens with zero attached hydrogens (tertiary/aromatic N) is 2. The van der Waals surface area contributed by atoms with Crippen LogP contribution in [0.15, 0.2) is 67.0 Å². The number of benzene rings is 2. The molecule has 0 aliphatic rings. The van der Waals surface area contributed by atoms with E-state index in [0.29, 0.717) is 36.9 Å². The van der Waals surface area contributed by atoms with Crippen LogP contribution in [0.5, 0.6) is 23.3 Å². The van der Waals surface area contributed by atoms with Crippen molar-refractivity contribution < 1.29 is 18.6 Å². The Hall–Kier alpha value is -3.15. The predicted molar refractivity (Wildman–Crippen MR) is 90.6 cm³/mol. The van der Waals surface area contributed by atoms with Crippen molar-refractivity contribution in [3.8, 4) is 23.3 Å². The number of hydrogen-bond acceptors (Lipinski definition) is 5. The molecule has 1 aromatic heterocycles. The maximum atomic E-state index is 12.8. The summed E-state index contributed by atoms with van der Waals surface area (Å²) >= 11 is 0. The van der Waals surface area contributed by atoms with Crippen LogP contribution in [0.3, 0.4) is 0 Å². The Morgan fingerprint density at radius 3 is 2.20 bits per heavy atom. The predicted octanol–water partition coefficient (Wildman–Crippen LogP) is 4.26. The molecule has 0 bridgehead atoms. The van der Waals surface area contributed by atoms with E-state index in [1.165, 1.54) is 12.1 Å². The molecule has 0 unspecified atom stereocenters. The number of hydrogen-bond donors (Lipinski definition) is 0. The zero-order chi connectivity index (χ0) is 17.3. The maximum Gasteiger partial charge on any atom is 0.321 e. The van der Waals surface area contributed by atoms with Crippen molar-refractivity contribution in [3.05, 3.63) is 72.8 Å². The number of ether oxygens (including phenoxy) is 3. The van der Waals surface area contributed by atoms with Crippen molar-refractivity contribution in [2.24, 2.45) is 0 Å². The van der Waals surface area contributed by atoms with E-state index < -0.39 is 0 Å². The molecule has 1 heterocycles. The van der Waals surface area contributed by atoms with Gasteiger partial charge in [0.05, 0.1) is 13.2 Å². The van der Waals surface area contributed by atoms with Crippen molar-refractivity contribution >= 4 is 0 Å². The summed E-state index contributed by atoms with van der Waals surface area (Å²) < 4.78 is 29.5. The molecule has 128 valence electrons. The van der Waals surface area contributed by atoms with Gasteiger partial charge in [0.2, 0.25) is 0 Å². The molecular weight excluding hydrogens is 323 g/mol. The van der Waals surface area contributed by atoms with Gasteiger partial charge in [-0.2, -0.15) is 0 Å². The lowest BCUT2D eigenvalue weighted by atomic mass is 10.3. The Kier molecular flexibility index (Phi) is 5.77. The molecule has 25 heavy (non-hydrogen) atoms. The van der Waals surface area contributed by atoms with Gasteiger partial charge >= 0.3 is 6.01 Å². The average molecular weight is 340 g/mol. The minimum atomic E-state index is -0.279. The molecule has 2 aromatic carbocycles. The number of rotatable bonds is 8. The first kappa shape index (κ1) is 16.7. The highest BCUT2D eigenvalue weighted by atomic mass is 19.1. The zero-order valence-corrected chi connectivity index (χ0v) is 13.5. The van der Waals surface area contributed by atoms with E-state index in [4.69, 9.17) is 14.2 Å². The van der Waals surface area contributed by atoms with Gasteiger partial charge < -0.3 is 14.2 Å². The SMILES string of the molecule is Fc1ccc(OCCCOc2cccc(Oc3ncccn3)c2)cc1. The molecule has 0 N–H and O–H groups in total. The number of halogens is 1.